The highest BCUT2D eigenvalue weighted by atomic mass is 16.4. The summed E-state index contributed by atoms with van der Waals surface area (Å²) in [5.41, 5.74) is 1.26. The number of aliphatic carboxylic acids is 1. The molecule has 1 aliphatic carbocycles. The van der Waals surface area contributed by atoms with Gasteiger partial charge < -0.3 is 15.3 Å². The van der Waals surface area contributed by atoms with Gasteiger partial charge in [0.2, 0.25) is 11.8 Å². The zero-order valence-corrected chi connectivity index (χ0v) is 14.5. The Kier molecular flexibility index (Phi) is 4.79. The number of nitrogens with zero attached hydrogens (tertiary/aromatic N) is 1. The molecule has 2 aliphatic rings. The number of anilines is 1. The SMILES string of the molecule is CCCc1ccc(N2CC(C(=O)NCC3(C(=O)O)CC3)CC2=O)cc1. The third-order valence-corrected chi connectivity index (χ3v) is 5.19. The largest absolute Gasteiger partial charge is 0.481 e. The van der Waals surface area contributed by atoms with E-state index in [9.17, 15) is 14.4 Å². The third-order valence-electron chi connectivity index (χ3n) is 5.19. The molecule has 134 valence electrons. The van der Waals surface area contributed by atoms with Gasteiger partial charge in [-0.2, -0.15) is 0 Å². The third kappa shape index (κ3) is 3.67. The lowest BCUT2D eigenvalue weighted by atomic mass is 10.1. The summed E-state index contributed by atoms with van der Waals surface area (Å²) in [6.45, 7) is 2.62. The van der Waals surface area contributed by atoms with Gasteiger partial charge in [-0.1, -0.05) is 25.5 Å². The molecule has 3 rings (SSSR count). The number of amides is 2. The molecule has 25 heavy (non-hydrogen) atoms. The molecule has 1 saturated heterocycles. The Bertz CT molecular complexity index is 679. The van der Waals surface area contributed by atoms with E-state index in [1.807, 2.05) is 24.3 Å². The lowest BCUT2D eigenvalue weighted by molar-refractivity contribution is -0.143. The summed E-state index contributed by atoms with van der Waals surface area (Å²) in [6, 6.07) is 7.88. The molecule has 0 bridgehead atoms. The van der Waals surface area contributed by atoms with Crippen molar-refractivity contribution in [3.05, 3.63) is 29.8 Å². The molecule has 6 nitrogen and oxygen atoms in total. The Morgan fingerprint density at radius 1 is 1.28 bits per heavy atom. The van der Waals surface area contributed by atoms with Crippen molar-refractivity contribution in [1.29, 1.82) is 0 Å². The summed E-state index contributed by atoms with van der Waals surface area (Å²) in [7, 11) is 0. The Hall–Kier alpha value is -2.37. The van der Waals surface area contributed by atoms with E-state index in [0.29, 0.717) is 19.4 Å². The van der Waals surface area contributed by atoms with Gasteiger partial charge in [0.15, 0.2) is 0 Å². The minimum Gasteiger partial charge on any atom is -0.481 e. The van der Waals surface area contributed by atoms with Crippen LogP contribution in [0.25, 0.3) is 0 Å². The first kappa shape index (κ1) is 17.5. The van der Waals surface area contributed by atoms with Crippen LogP contribution in [0.4, 0.5) is 5.69 Å². The minimum absolute atomic E-state index is 0.0669. The molecular weight excluding hydrogens is 320 g/mol. The summed E-state index contributed by atoms with van der Waals surface area (Å²) in [6.07, 6.45) is 3.44. The summed E-state index contributed by atoms with van der Waals surface area (Å²) < 4.78 is 0. The maximum absolute atomic E-state index is 12.3. The smallest absolute Gasteiger partial charge is 0.311 e. The highest BCUT2D eigenvalue weighted by Gasteiger charge is 2.50. The topological polar surface area (TPSA) is 86.7 Å². The maximum Gasteiger partial charge on any atom is 0.311 e. The van der Waals surface area contributed by atoms with Gasteiger partial charge in [0.25, 0.3) is 0 Å². The number of benzene rings is 1. The van der Waals surface area contributed by atoms with Gasteiger partial charge in [0, 0.05) is 25.2 Å². The summed E-state index contributed by atoms with van der Waals surface area (Å²) >= 11 is 0. The highest BCUT2D eigenvalue weighted by molar-refractivity contribution is 6.00. The minimum atomic E-state index is -0.857. The molecule has 0 radical (unpaired) electrons. The van der Waals surface area contributed by atoms with Crippen molar-refractivity contribution in [2.24, 2.45) is 11.3 Å². The predicted molar refractivity (Wildman–Crippen MR) is 93.2 cm³/mol. The van der Waals surface area contributed by atoms with E-state index < -0.39 is 17.3 Å². The van der Waals surface area contributed by atoms with Gasteiger partial charge in [0.1, 0.15) is 0 Å². The number of carboxylic acids is 1. The van der Waals surface area contributed by atoms with Crippen molar-refractivity contribution in [2.45, 2.75) is 39.0 Å². The summed E-state index contributed by atoms with van der Waals surface area (Å²) in [5, 5.41) is 11.9. The number of hydrogen-bond donors (Lipinski definition) is 2. The van der Waals surface area contributed by atoms with E-state index in [2.05, 4.69) is 12.2 Å². The second kappa shape index (κ2) is 6.86. The van der Waals surface area contributed by atoms with Crippen molar-refractivity contribution < 1.29 is 19.5 Å². The molecule has 0 aromatic heterocycles. The van der Waals surface area contributed by atoms with Crippen LogP contribution < -0.4 is 10.2 Å². The summed E-state index contributed by atoms with van der Waals surface area (Å²) in [5.74, 6) is -1.58. The van der Waals surface area contributed by atoms with Crippen LogP contribution in [0.15, 0.2) is 24.3 Å². The van der Waals surface area contributed by atoms with Gasteiger partial charge in [-0.15, -0.1) is 0 Å². The predicted octanol–water partition coefficient (Wildman–Crippen LogP) is 1.97. The van der Waals surface area contributed by atoms with Gasteiger partial charge in [-0.05, 0) is 37.0 Å². The molecule has 2 fully saturated rings. The molecule has 1 saturated carbocycles. The molecule has 1 aromatic carbocycles. The number of carbonyl (C=O) groups excluding carboxylic acids is 2. The van der Waals surface area contributed by atoms with Crippen molar-refractivity contribution >= 4 is 23.5 Å². The van der Waals surface area contributed by atoms with Crippen molar-refractivity contribution in [3.8, 4) is 0 Å². The van der Waals surface area contributed by atoms with Gasteiger partial charge in [-0.3, -0.25) is 14.4 Å². The van der Waals surface area contributed by atoms with E-state index in [-0.39, 0.29) is 24.8 Å². The number of aryl methyl sites for hydroxylation is 1. The van der Waals surface area contributed by atoms with Crippen LogP contribution in [-0.2, 0) is 20.8 Å². The molecule has 1 unspecified atom stereocenters. The van der Waals surface area contributed by atoms with Crippen LogP contribution in [-0.4, -0.2) is 36.0 Å². The van der Waals surface area contributed by atoms with Crippen LogP contribution in [0, 0.1) is 11.3 Å². The Morgan fingerprint density at radius 3 is 2.52 bits per heavy atom. The van der Waals surface area contributed by atoms with Crippen molar-refractivity contribution in [2.75, 3.05) is 18.0 Å². The fourth-order valence-corrected chi connectivity index (χ4v) is 3.28. The van der Waals surface area contributed by atoms with Gasteiger partial charge in [-0.25, -0.2) is 0 Å². The molecule has 1 heterocycles. The van der Waals surface area contributed by atoms with Gasteiger partial charge in [0.05, 0.1) is 11.3 Å². The van der Waals surface area contributed by atoms with Crippen molar-refractivity contribution in [1.82, 2.24) is 5.32 Å². The van der Waals surface area contributed by atoms with Crippen LogP contribution in [0.3, 0.4) is 0 Å². The zero-order chi connectivity index (χ0) is 18.0. The number of carbonyl (C=O) groups is 3. The quantitative estimate of drug-likeness (QED) is 0.792. The van der Waals surface area contributed by atoms with E-state index >= 15 is 0 Å². The Labute approximate surface area is 147 Å². The van der Waals surface area contributed by atoms with Crippen LogP contribution in [0.1, 0.15) is 38.2 Å². The van der Waals surface area contributed by atoms with Gasteiger partial charge >= 0.3 is 5.97 Å². The first-order valence-corrected chi connectivity index (χ1v) is 8.85. The molecule has 6 heteroatoms. The highest BCUT2D eigenvalue weighted by Crippen LogP contribution is 2.45. The lowest BCUT2D eigenvalue weighted by Gasteiger charge is -2.18. The average molecular weight is 344 g/mol. The molecule has 1 atom stereocenters. The lowest BCUT2D eigenvalue weighted by Crippen LogP contribution is -2.38. The maximum atomic E-state index is 12.3. The Morgan fingerprint density at radius 2 is 1.96 bits per heavy atom. The fourth-order valence-electron chi connectivity index (χ4n) is 3.28. The van der Waals surface area contributed by atoms with E-state index in [0.717, 1.165) is 18.5 Å². The van der Waals surface area contributed by atoms with Crippen LogP contribution in [0.5, 0.6) is 0 Å². The van der Waals surface area contributed by atoms with E-state index in [4.69, 9.17) is 5.11 Å². The molecule has 0 spiro atoms. The van der Waals surface area contributed by atoms with Crippen LogP contribution in [0.2, 0.25) is 0 Å². The fraction of sp³-hybridized carbons (Fsp3) is 0.526. The number of rotatable bonds is 7. The zero-order valence-electron chi connectivity index (χ0n) is 14.5. The second-order valence-corrected chi connectivity index (χ2v) is 7.13. The second-order valence-electron chi connectivity index (χ2n) is 7.13. The Balaban J connectivity index is 1.58. The average Bonchev–Trinajstić information content (AvgIpc) is 3.30. The van der Waals surface area contributed by atoms with Crippen molar-refractivity contribution in [3.63, 3.8) is 0 Å². The first-order valence-electron chi connectivity index (χ1n) is 8.85. The van der Waals surface area contributed by atoms with E-state index in [1.165, 1.54) is 5.56 Å². The van der Waals surface area contributed by atoms with E-state index in [1.54, 1.807) is 4.90 Å². The number of carboxylic acid groups (broad SMARTS) is 1. The number of nitrogens with one attached hydrogen (secondary N) is 1. The normalized spacial score (nSPS) is 21.2. The summed E-state index contributed by atoms with van der Waals surface area (Å²) in [4.78, 5) is 37.4. The molecule has 1 aliphatic heterocycles. The molecule has 2 N–H and O–H groups in total. The molecule has 1 aromatic rings. The first-order chi connectivity index (χ1) is 11.9. The molecule has 2 amide bonds. The standard InChI is InChI=1S/C19H24N2O4/c1-2-3-13-4-6-15(7-5-13)21-11-14(10-16(21)22)17(23)20-12-19(8-9-19)18(24)25/h4-7,14H,2-3,8-12H2,1H3,(H,20,23)(H,24,25). The van der Waals surface area contributed by atoms with Crippen LogP contribution >= 0.6 is 0 Å². The monoisotopic (exact) mass is 344 g/mol. The number of hydrogen-bond acceptors (Lipinski definition) is 3. The molecular formula is C19H24N2O4.